The number of carbonyl (C=O) groups is 1. The van der Waals surface area contributed by atoms with Gasteiger partial charge in [0.25, 0.3) is 0 Å². The Morgan fingerprint density at radius 3 is 2.42 bits per heavy atom. The first-order valence-corrected chi connectivity index (χ1v) is 8.44. The van der Waals surface area contributed by atoms with Crippen molar-refractivity contribution in [2.24, 2.45) is 0 Å². The molecule has 2 aromatic rings. The summed E-state index contributed by atoms with van der Waals surface area (Å²) >= 11 is 0. The second-order valence-corrected chi connectivity index (χ2v) is 6.25. The molecule has 0 radical (unpaired) electrons. The van der Waals surface area contributed by atoms with E-state index in [1.54, 1.807) is 12.1 Å². The number of aromatic hydroxyl groups is 1. The fourth-order valence-corrected chi connectivity index (χ4v) is 2.68. The summed E-state index contributed by atoms with van der Waals surface area (Å²) in [5, 5.41) is 20.1. The van der Waals surface area contributed by atoms with Gasteiger partial charge in [-0.2, -0.15) is 0 Å². The number of rotatable bonds is 7. The van der Waals surface area contributed by atoms with Gasteiger partial charge in [-0.05, 0) is 43.9 Å². The topological polar surface area (TPSA) is 66.8 Å². The molecule has 0 spiro atoms. The van der Waals surface area contributed by atoms with Gasteiger partial charge in [0.15, 0.2) is 0 Å². The predicted octanol–water partition coefficient (Wildman–Crippen LogP) is 4.86. The summed E-state index contributed by atoms with van der Waals surface area (Å²) in [6.07, 6.45) is 6.59. The van der Waals surface area contributed by atoms with Crippen molar-refractivity contribution in [1.82, 2.24) is 0 Å². The van der Waals surface area contributed by atoms with Gasteiger partial charge >= 0.3 is 5.97 Å². The van der Waals surface area contributed by atoms with Crippen LogP contribution in [0.4, 0.5) is 0 Å². The zero-order valence-electron chi connectivity index (χ0n) is 15.3. The molecule has 2 N–H and O–H groups in total. The van der Waals surface area contributed by atoms with Crippen LogP contribution in [0.25, 0.3) is 6.08 Å². The highest BCUT2D eigenvalue weighted by Gasteiger charge is 2.21. The SMILES string of the molecule is COc1cc(/C=C/Cc2ccccc2)c(C(=O)O)c(O)c1CC=C(C)C. The zero-order valence-corrected chi connectivity index (χ0v) is 15.3. The van der Waals surface area contributed by atoms with Crippen LogP contribution in [0.5, 0.6) is 11.5 Å². The molecule has 2 aromatic carbocycles. The van der Waals surface area contributed by atoms with Gasteiger partial charge in [-0.1, -0.05) is 54.1 Å². The number of hydrogen-bond donors (Lipinski definition) is 2. The van der Waals surface area contributed by atoms with Crippen LogP contribution in [-0.4, -0.2) is 23.3 Å². The minimum atomic E-state index is -1.16. The lowest BCUT2D eigenvalue weighted by molar-refractivity contribution is 0.0693. The molecule has 0 saturated heterocycles. The summed E-state index contributed by atoms with van der Waals surface area (Å²) in [6.45, 7) is 3.89. The fraction of sp³-hybridized carbons (Fsp3) is 0.227. The van der Waals surface area contributed by atoms with E-state index in [0.717, 1.165) is 11.1 Å². The number of carboxylic acids is 1. The molecule has 136 valence electrons. The van der Waals surface area contributed by atoms with Crippen molar-refractivity contribution in [3.8, 4) is 11.5 Å². The van der Waals surface area contributed by atoms with Crippen molar-refractivity contribution >= 4 is 12.0 Å². The molecule has 0 aliphatic carbocycles. The van der Waals surface area contributed by atoms with Gasteiger partial charge < -0.3 is 14.9 Å². The lowest BCUT2D eigenvalue weighted by atomic mass is 9.97. The molecule has 2 rings (SSSR count). The summed E-state index contributed by atoms with van der Waals surface area (Å²) in [5.74, 6) is -0.930. The predicted molar refractivity (Wildman–Crippen MR) is 104 cm³/mol. The van der Waals surface area contributed by atoms with Crippen LogP contribution in [0.3, 0.4) is 0 Å². The Kier molecular flexibility index (Phi) is 6.61. The van der Waals surface area contributed by atoms with Crippen LogP contribution >= 0.6 is 0 Å². The van der Waals surface area contributed by atoms with Crippen molar-refractivity contribution in [3.63, 3.8) is 0 Å². The van der Waals surface area contributed by atoms with E-state index in [2.05, 4.69) is 0 Å². The van der Waals surface area contributed by atoms with Gasteiger partial charge in [0, 0.05) is 5.56 Å². The minimum absolute atomic E-state index is 0.104. The van der Waals surface area contributed by atoms with E-state index >= 15 is 0 Å². The second-order valence-electron chi connectivity index (χ2n) is 6.25. The third-order valence-electron chi connectivity index (χ3n) is 4.04. The fourth-order valence-electron chi connectivity index (χ4n) is 2.68. The number of benzene rings is 2. The van der Waals surface area contributed by atoms with E-state index in [1.807, 2.05) is 56.3 Å². The molecule has 0 aromatic heterocycles. The zero-order chi connectivity index (χ0) is 19.1. The van der Waals surface area contributed by atoms with E-state index in [4.69, 9.17) is 4.74 Å². The second kappa shape index (κ2) is 8.90. The molecule has 0 aliphatic heterocycles. The molecule has 0 unspecified atom stereocenters. The number of phenols is 1. The summed E-state index contributed by atoms with van der Waals surface area (Å²) in [4.78, 5) is 11.7. The quantitative estimate of drug-likeness (QED) is 0.698. The standard InChI is InChI=1S/C22H24O4/c1-15(2)12-13-18-19(26-3)14-17(20(21(18)23)22(24)25)11-7-10-16-8-5-4-6-9-16/h4-9,11-12,14,23H,10,13H2,1-3H3,(H,24,25)/b11-7+. The van der Waals surface area contributed by atoms with Gasteiger partial charge in [0.05, 0.1) is 7.11 Å². The molecule has 0 fully saturated rings. The molecule has 0 amide bonds. The number of allylic oxidation sites excluding steroid dienone is 3. The molecule has 4 nitrogen and oxygen atoms in total. The van der Waals surface area contributed by atoms with Crippen molar-refractivity contribution in [2.45, 2.75) is 26.7 Å². The van der Waals surface area contributed by atoms with E-state index < -0.39 is 5.97 Å². The van der Waals surface area contributed by atoms with Gasteiger partial charge in [-0.3, -0.25) is 0 Å². The van der Waals surface area contributed by atoms with Crippen LogP contribution in [0, 0.1) is 0 Å². The molecular formula is C22H24O4. The normalized spacial score (nSPS) is 10.7. The molecule has 26 heavy (non-hydrogen) atoms. The molecular weight excluding hydrogens is 328 g/mol. The van der Waals surface area contributed by atoms with Crippen molar-refractivity contribution in [2.75, 3.05) is 7.11 Å². The number of aromatic carboxylic acids is 1. The maximum Gasteiger partial charge on any atom is 0.340 e. The third-order valence-corrected chi connectivity index (χ3v) is 4.04. The van der Waals surface area contributed by atoms with E-state index in [9.17, 15) is 15.0 Å². The highest BCUT2D eigenvalue weighted by molar-refractivity contribution is 5.96. The van der Waals surface area contributed by atoms with E-state index in [-0.39, 0.29) is 11.3 Å². The average molecular weight is 352 g/mol. The number of methoxy groups -OCH3 is 1. The Balaban J connectivity index is 2.43. The summed E-state index contributed by atoms with van der Waals surface area (Å²) in [7, 11) is 1.51. The average Bonchev–Trinajstić information content (AvgIpc) is 2.60. The van der Waals surface area contributed by atoms with Gasteiger partial charge in [0.2, 0.25) is 0 Å². The van der Waals surface area contributed by atoms with Crippen LogP contribution in [0.2, 0.25) is 0 Å². The Bertz CT molecular complexity index is 829. The van der Waals surface area contributed by atoms with E-state index in [1.165, 1.54) is 7.11 Å². The first-order chi connectivity index (χ1) is 12.4. The van der Waals surface area contributed by atoms with Crippen LogP contribution in [-0.2, 0) is 12.8 Å². The Morgan fingerprint density at radius 1 is 1.15 bits per heavy atom. The first kappa shape index (κ1) is 19.3. The Labute approximate surface area is 154 Å². The van der Waals surface area contributed by atoms with Crippen LogP contribution in [0.1, 0.15) is 40.9 Å². The Morgan fingerprint density at radius 2 is 1.85 bits per heavy atom. The number of ether oxygens (including phenoxy) is 1. The van der Waals surface area contributed by atoms with Crippen molar-refractivity contribution in [3.05, 3.63) is 76.4 Å². The minimum Gasteiger partial charge on any atom is -0.507 e. The van der Waals surface area contributed by atoms with E-state index in [0.29, 0.717) is 29.7 Å². The lowest BCUT2D eigenvalue weighted by Crippen LogP contribution is -2.04. The first-order valence-electron chi connectivity index (χ1n) is 8.44. The lowest BCUT2D eigenvalue weighted by Gasteiger charge is -2.14. The largest absolute Gasteiger partial charge is 0.507 e. The van der Waals surface area contributed by atoms with Crippen LogP contribution in [0.15, 0.2) is 54.1 Å². The highest BCUT2D eigenvalue weighted by atomic mass is 16.5. The monoisotopic (exact) mass is 352 g/mol. The highest BCUT2D eigenvalue weighted by Crippen LogP contribution is 2.36. The van der Waals surface area contributed by atoms with Crippen molar-refractivity contribution in [1.29, 1.82) is 0 Å². The molecule has 0 aliphatic rings. The Hall–Kier alpha value is -3.01. The molecule has 0 atom stereocenters. The molecule has 4 heteroatoms. The summed E-state index contributed by atoms with van der Waals surface area (Å²) in [5.41, 5.74) is 2.99. The maximum atomic E-state index is 11.7. The van der Waals surface area contributed by atoms with Gasteiger partial charge in [0.1, 0.15) is 17.1 Å². The summed E-state index contributed by atoms with van der Waals surface area (Å²) < 4.78 is 5.38. The molecule has 0 saturated carbocycles. The smallest absolute Gasteiger partial charge is 0.340 e. The molecule has 0 heterocycles. The van der Waals surface area contributed by atoms with Crippen LogP contribution < -0.4 is 4.74 Å². The number of hydrogen-bond acceptors (Lipinski definition) is 3. The number of carboxylic acid groups (broad SMARTS) is 1. The maximum absolute atomic E-state index is 11.7. The van der Waals surface area contributed by atoms with Gasteiger partial charge in [-0.25, -0.2) is 4.79 Å². The third kappa shape index (κ3) is 4.76. The van der Waals surface area contributed by atoms with Crippen molar-refractivity contribution < 1.29 is 19.7 Å². The summed E-state index contributed by atoms with van der Waals surface area (Å²) in [6, 6.07) is 11.5. The molecule has 0 bridgehead atoms. The van der Waals surface area contributed by atoms with Gasteiger partial charge in [-0.15, -0.1) is 0 Å².